The molecular weight excluding hydrogens is 430 g/mol. The molecule has 0 unspecified atom stereocenters. The third kappa shape index (κ3) is 4.52. The van der Waals surface area contributed by atoms with Crippen molar-refractivity contribution in [1.29, 1.82) is 0 Å². The van der Waals surface area contributed by atoms with E-state index in [1.165, 1.54) is 30.1 Å². The summed E-state index contributed by atoms with van der Waals surface area (Å²) in [4.78, 5) is 37.7. The van der Waals surface area contributed by atoms with E-state index >= 15 is 0 Å². The Hall–Kier alpha value is -2.39. The Morgan fingerprint density at radius 2 is 1.80 bits per heavy atom. The van der Waals surface area contributed by atoms with Gasteiger partial charge in [0.15, 0.2) is 0 Å². The van der Waals surface area contributed by atoms with E-state index in [2.05, 4.69) is 9.46 Å². The molecular formula is C20H24ClN3O5S. The monoisotopic (exact) mass is 453 g/mol. The number of nitrogens with one attached hydrogen (secondary N) is 1. The molecule has 1 fully saturated rings. The van der Waals surface area contributed by atoms with Gasteiger partial charge in [0.25, 0.3) is 5.56 Å². The van der Waals surface area contributed by atoms with Crippen LogP contribution in [0.25, 0.3) is 0 Å². The van der Waals surface area contributed by atoms with Crippen molar-refractivity contribution in [3.8, 4) is 0 Å². The third-order valence-corrected chi connectivity index (χ3v) is 7.54. The van der Waals surface area contributed by atoms with Crippen LogP contribution in [0.4, 0.5) is 5.69 Å². The van der Waals surface area contributed by atoms with Gasteiger partial charge in [-0.1, -0.05) is 18.0 Å². The largest absolute Gasteiger partial charge is 0.459 e. The summed E-state index contributed by atoms with van der Waals surface area (Å²) in [6.07, 6.45) is 3.42. The first-order valence-corrected chi connectivity index (χ1v) is 11.9. The number of aromatic amines is 1. The maximum Gasteiger partial charge on any atom is 0.340 e. The summed E-state index contributed by atoms with van der Waals surface area (Å²) in [7, 11) is -1.13. The molecule has 1 aromatic carbocycles. The first kappa shape index (κ1) is 22.3. The number of benzene rings is 1. The quantitative estimate of drug-likeness (QED) is 0.550. The molecule has 2 heterocycles. The van der Waals surface area contributed by atoms with Crippen LogP contribution in [0, 0.1) is 0 Å². The fourth-order valence-corrected chi connectivity index (χ4v) is 5.80. The predicted molar refractivity (Wildman–Crippen MR) is 115 cm³/mol. The van der Waals surface area contributed by atoms with Crippen LogP contribution in [0.15, 0.2) is 27.5 Å². The molecule has 0 atom stereocenters. The van der Waals surface area contributed by atoms with Crippen LogP contribution >= 0.6 is 11.6 Å². The molecule has 1 saturated heterocycles. The summed E-state index contributed by atoms with van der Waals surface area (Å²) in [6.45, 7) is 3.41. The minimum atomic E-state index is -2.61. The van der Waals surface area contributed by atoms with Crippen LogP contribution in [-0.2, 0) is 21.5 Å². The normalized spacial score (nSPS) is 15.8. The Labute approximate surface area is 179 Å². The molecule has 10 heteroatoms. The first-order valence-electron chi connectivity index (χ1n) is 9.68. The summed E-state index contributed by atoms with van der Waals surface area (Å²) in [5.74, 6) is -0.474. The van der Waals surface area contributed by atoms with Gasteiger partial charge in [-0.3, -0.25) is 14.3 Å². The maximum atomic E-state index is 13.2. The number of carbonyl (C=O) groups excluding carboxylic acids is 2. The highest BCUT2D eigenvalue weighted by Crippen LogP contribution is 2.36. The van der Waals surface area contributed by atoms with Crippen LogP contribution in [0.2, 0.25) is 5.02 Å². The Morgan fingerprint density at radius 3 is 2.37 bits per heavy atom. The van der Waals surface area contributed by atoms with Gasteiger partial charge in [-0.05, 0) is 38.8 Å². The molecule has 30 heavy (non-hydrogen) atoms. The highest BCUT2D eigenvalue weighted by Gasteiger charge is 2.26. The second kappa shape index (κ2) is 8.77. The number of ketones is 1. The maximum absolute atomic E-state index is 13.2. The molecule has 162 valence electrons. The van der Waals surface area contributed by atoms with Gasteiger partial charge in [0, 0.05) is 30.3 Å². The summed E-state index contributed by atoms with van der Waals surface area (Å²) in [6, 6.07) is 2.74. The van der Waals surface area contributed by atoms with E-state index in [-0.39, 0.29) is 33.5 Å². The molecule has 2 aromatic rings. The molecule has 0 bridgehead atoms. The zero-order chi connectivity index (χ0) is 22.1. The second-order valence-corrected chi connectivity index (χ2v) is 10.4. The van der Waals surface area contributed by atoms with Gasteiger partial charge in [-0.15, -0.1) is 0 Å². The Bertz CT molecular complexity index is 1160. The highest BCUT2D eigenvalue weighted by atomic mass is 35.5. The third-order valence-electron chi connectivity index (χ3n) is 4.79. The van der Waals surface area contributed by atoms with Crippen LogP contribution in [0.1, 0.15) is 59.4 Å². The van der Waals surface area contributed by atoms with Gasteiger partial charge in [0.2, 0.25) is 5.78 Å². The van der Waals surface area contributed by atoms with Crippen molar-refractivity contribution in [2.75, 3.05) is 11.5 Å². The molecule has 1 N–H and O–H groups in total. The number of hydrogen-bond acceptors (Lipinski definition) is 6. The lowest BCUT2D eigenvalue weighted by Gasteiger charge is -2.18. The second-order valence-electron chi connectivity index (χ2n) is 7.49. The number of rotatable bonds is 5. The summed E-state index contributed by atoms with van der Waals surface area (Å²) >= 11 is 6.51. The van der Waals surface area contributed by atoms with Crippen molar-refractivity contribution in [3.05, 3.63) is 50.4 Å². The number of ether oxygens (including phenoxy) is 1. The molecule has 0 aliphatic carbocycles. The van der Waals surface area contributed by atoms with Crippen LogP contribution in [0.5, 0.6) is 0 Å². The van der Waals surface area contributed by atoms with E-state index < -0.39 is 27.0 Å². The fraction of sp³-hybridized carbons (Fsp3) is 0.450. The van der Waals surface area contributed by atoms with Crippen LogP contribution < -0.4 is 5.56 Å². The summed E-state index contributed by atoms with van der Waals surface area (Å²) < 4.78 is 24.0. The molecule has 1 aliphatic rings. The molecule has 0 amide bonds. The smallest absolute Gasteiger partial charge is 0.340 e. The standard InChI is InChI=1S/C20H24ClN3O5S/c1-12(2)29-20(27)14-8-7-13(18(25)15-11-22-24(3)19(15)26)16(21)17(14)23-30(28)9-5-4-6-10-30/h7-8,11-12,22H,4-6,9-10H2,1-3H3. The van der Waals surface area contributed by atoms with E-state index in [0.29, 0.717) is 11.5 Å². The number of esters is 1. The van der Waals surface area contributed by atoms with Crippen molar-refractivity contribution < 1.29 is 18.5 Å². The first-order chi connectivity index (χ1) is 14.1. The van der Waals surface area contributed by atoms with Crippen molar-refractivity contribution in [2.24, 2.45) is 11.4 Å². The minimum absolute atomic E-state index is 0.00650. The lowest BCUT2D eigenvalue weighted by molar-refractivity contribution is 0.0379. The average molecular weight is 454 g/mol. The number of carbonyl (C=O) groups is 2. The molecule has 1 aromatic heterocycles. The molecule has 1 aliphatic heterocycles. The fourth-order valence-electron chi connectivity index (χ4n) is 3.23. The Balaban J connectivity index is 2.18. The number of halogens is 1. The van der Waals surface area contributed by atoms with Crippen molar-refractivity contribution in [2.45, 2.75) is 39.2 Å². The molecule has 8 nitrogen and oxygen atoms in total. The van der Waals surface area contributed by atoms with Crippen molar-refractivity contribution >= 4 is 38.8 Å². The average Bonchev–Trinajstić information content (AvgIpc) is 3.01. The van der Waals surface area contributed by atoms with E-state index in [0.717, 1.165) is 19.3 Å². The zero-order valence-corrected chi connectivity index (χ0v) is 18.6. The summed E-state index contributed by atoms with van der Waals surface area (Å²) in [5, 5.41) is 2.53. The van der Waals surface area contributed by atoms with E-state index in [4.69, 9.17) is 16.3 Å². The van der Waals surface area contributed by atoms with Gasteiger partial charge >= 0.3 is 5.97 Å². The Kier molecular flexibility index (Phi) is 6.52. The number of hydrogen-bond donors (Lipinski definition) is 1. The zero-order valence-electron chi connectivity index (χ0n) is 17.1. The van der Waals surface area contributed by atoms with Crippen molar-refractivity contribution in [3.63, 3.8) is 0 Å². The number of aryl methyl sites for hydroxylation is 1. The number of aromatic nitrogens is 2. The van der Waals surface area contributed by atoms with Gasteiger partial charge in [-0.2, -0.15) is 4.36 Å². The SMILES string of the molecule is CC(C)OC(=O)c1ccc(C(=O)c2c[nH]n(C)c2=O)c(Cl)c1N=S1(=O)CCCCC1. The van der Waals surface area contributed by atoms with E-state index in [9.17, 15) is 18.6 Å². The lowest BCUT2D eigenvalue weighted by Crippen LogP contribution is -2.20. The highest BCUT2D eigenvalue weighted by molar-refractivity contribution is 7.93. The van der Waals surface area contributed by atoms with Crippen molar-refractivity contribution in [1.82, 2.24) is 9.78 Å². The van der Waals surface area contributed by atoms with E-state index in [1.54, 1.807) is 13.8 Å². The molecule has 0 saturated carbocycles. The molecule has 0 radical (unpaired) electrons. The van der Waals surface area contributed by atoms with Crippen LogP contribution in [-0.4, -0.2) is 43.4 Å². The Morgan fingerprint density at radius 1 is 1.17 bits per heavy atom. The van der Waals surface area contributed by atoms with Gasteiger partial charge in [0.1, 0.15) is 11.3 Å². The number of nitrogens with zero attached hydrogens (tertiary/aromatic N) is 2. The van der Waals surface area contributed by atoms with E-state index in [1.807, 2.05) is 0 Å². The van der Waals surface area contributed by atoms with Gasteiger partial charge in [-0.25, -0.2) is 9.00 Å². The van der Waals surface area contributed by atoms with Gasteiger partial charge < -0.3 is 9.84 Å². The minimum Gasteiger partial charge on any atom is -0.459 e. The number of H-pyrrole nitrogens is 1. The summed E-state index contributed by atoms with van der Waals surface area (Å²) in [5.41, 5.74) is -0.569. The predicted octanol–water partition coefficient (Wildman–Crippen LogP) is 3.45. The molecule has 3 rings (SSSR count). The van der Waals surface area contributed by atoms with Crippen LogP contribution in [0.3, 0.4) is 0 Å². The van der Waals surface area contributed by atoms with Gasteiger partial charge in [0.05, 0.1) is 26.4 Å². The lowest BCUT2D eigenvalue weighted by atomic mass is 10.0. The topological polar surface area (TPSA) is 111 Å². The molecule has 0 spiro atoms.